The minimum absolute atomic E-state index is 0.612. The standard InChI is InChI=1S/C14H25N3O2/c1-11-12(2)19-13(15-11)9-16-5-7-17(8-6-16)10-14(3,4)18/h18H,5-10H2,1-4H3. The number of piperazine rings is 1. The summed E-state index contributed by atoms with van der Waals surface area (Å²) in [4.78, 5) is 9.08. The maximum atomic E-state index is 9.82. The lowest BCUT2D eigenvalue weighted by atomic mass is 10.1. The molecule has 5 nitrogen and oxygen atoms in total. The Morgan fingerprint density at radius 2 is 1.74 bits per heavy atom. The van der Waals surface area contributed by atoms with Gasteiger partial charge in [-0.05, 0) is 27.7 Å². The Labute approximate surface area is 115 Å². The third-order valence-corrected chi connectivity index (χ3v) is 3.51. The molecule has 1 aromatic rings. The molecule has 0 aromatic carbocycles. The van der Waals surface area contributed by atoms with Crippen molar-refractivity contribution in [2.75, 3.05) is 32.7 Å². The van der Waals surface area contributed by atoms with Crippen molar-refractivity contribution in [1.29, 1.82) is 0 Å². The highest BCUT2D eigenvalue weighted by molar-refractivity contribution is 5.05. The number of nitrogens with zero attached hydrogens (tertiary/aromatic N) is 3. The fourth-order valence-electron chi connectivity index (χ4n) is 2.45. The zero-order valence-electron chi connectivity index (χ0n) is 12.4. The predicted molar refractivity (Wildman–Crippen MR) is 74.0 cm³/mol. The van der Waals surface area contributed by atoms with Gasteiger partial charge < -0.3 is 9.52 Å². The van der Waals surface area contributed by atoms with E-state index in [0.717, 1.165) is 56.6 Å². The number of β-amino-alcohol motifs (C(OH)–C–C–N with tert-alkyl or cyclic N) is 1. The largest absolute Gasteiger partial charge is 0.444 e. The summed E-state index contributed by atoms with van der Waals surface area (Å²) in [6.07, 6.45) is 0. The van der Waals surface area contributed by atoms with E-state index >= 15 is 0 Å². The van der Waals surface area contributed by atoms with Gasteiger partial charge in [0, 0.05) is 32.7 Å². The Morgan fingerprint density at radius 3 is 2.21 bits per heavy atom. The van der Waals surface area contributed by atoms with E-state index in [4.69, 9.17) is 4.42 Å². The van der Waals surface area contributed by atoms with Crippen LogP contribution in [0, 0.1) is 13.8 Å². The van der Waals surface area contributed by atoms with Crippen LogP contribution in [0.1, 0.15) is 31.2 Å². The van der Waals surface area contributed by atoms with Gasteiger partial charge >= 0.3 is 0 Å². The molecule has 0 spiro atoms. The van der Waals surface area contributed by atoms with Crippen LogP contribution < -0.4 is 0 Å². The van der Waals surface area contributed by atoms with E-state index in [1.807, 2.05) is 27.7 Å². The third-order valence-electron chi connectivity index (χ3n) is 3.51. The molecule has 1 aliphatic rings. The molecule has 0 radical (unpaired) electrons. The fraction of sp³-hybridized carbons (Fsp3) is 0.786. The highest BCUT2D eigenvalue weighted by Gasteiger charge is 2.23. The summed E-state index contributed by atoms with van der Waals surface area (Å²) < 4.78 is 5.62. The van der Waals surface area contributed by atoms with Crippen molar-refractivity contribution >= 4 is 0 Å². The quantitative estimate of drug-likeness (QED) is 0.888. The molecule has 0 unspecified atom stereocenters. The first-order valence-corrected chi connectivity index (χ1v) is 6.93. The molecule has 1 saturated heterocycles. The van der Waals surface area contributed by atoms with E-state index in [9.17, 15) is 5.11 Å². The first-order valence-electron chi connectivity index (χ1n) is 6.93. The molecule has 0 saturated carbocycles. The van der Waals surface area contributed by atoms with Crippen LogP contribution in [0.15, 0.2) is 4.42 Å². The van der Waals surface area contributed by atoms with Crippen LogP contribution in [0.3, 0.4) is 0 Å². The molecule has 2 rings (SSSR count). The van der Waals surface area contributed by atoms with Crippen molar-refractivity contribution in [3.05, 3.63) is 17.3 Å². The van der Waals surface area contributed by atoms with Crippen LogP contribution in [0.4, 0.5) is 0 Å². The molecular formula is C14H25N3O2. The molecular weight excluding hydrogens is 242 g/mol. The first kappa shape index (κ1) is 14.5. The van der Waals surface area contributed by atoms with Crippen molar-refractivity contribution < 1.29 is 9.52 Å². The van der Waals surface area contributed by atoms with E-state index in [1.165, 1.54) is 0 Å². The Bertz CT molecular complexity index is 395. The van der Waals surface area contributed by atoms with Crippen LogP contribution >= 0.6 is 0 Å². The lowest BCUT2D eigenvalue weighted by Crippen LogP contribution is -2.50. The minimum Gasteiger partial charge on any atom is -0.444 e. The van der Waals surface area contributed by atoms with Gasteiger partial charge in [0.25, 0.3) is 0 Å². The first-order chi connectivity index (χ1) is 8.83. The summed E-state index contributed by atoms with van der Waals surface area (Å²) >= 11 is 0. The average Bonchev–Trinajstić information content (AvgIpc) is 2.59. The molecule has 19 heavy (non-hydrogen) atoms. The zero-order valence-corrected chi connectivity index (χ0v) is 12.4. The van der Waals surface area contributed by atoms with Crippen molar-refractivity contribution in [2.45, 2.75) is 39.8 Å². The van der Waals surface area contributed by atoms with Crippen molar-refractivity contribution in [1.82, 2.24) is 14.8 Å². The minimum atomic E-state index is -0.612. The molecule has 0 atom stereocenters. The molecule has 5 heteroatoms. The van der Waals surface area contributed by atoms with Crippen LogP contribution in [0.25, 0.3) is 0 Å². The second-order valence-corrected chi connectivity index (χ2v) is 6.11. The molecule has 1 aliphatic heterocycles. The Hall–Kier alpha value is -0.910. The Balaban J connectivity index is 1.80. The molecule has 1 fully saturated rings. The van der Waals surface area contributed by atoms with Gasteiger partial charge in [-0.1, -0.05) is 0 Å². The monoisotopic (exact) mass is 267 g/mol. The molecule has 0 amide bonds. The van der Waals surface area contributed by atoms with Gasteiger partial charge in [-0.3, -0.25) is 9.80 Å². The van der Waals surface area contributed by atoms with Gasteiger partial charge in [-0.15, -0.1) is 0 Å². The SMILES string of the molecule is Cc1nc(CN2CCN(CC(C)(C)O)CC2)oc1C. The summed E-state index contributed by atoms with van der Waals surface area (Å²) in [7, 11) is 0. The molecule has 0 aliphatic carbocycles. The highest BCUT2D eigenvalue weighted by atomic mass is 16.4. The van der Waals surface area contributed by atoms with E-state index < -0.39 is 5.60 Å². The summed E-state index contributed by atoms with van der Waals surface area (Å²) in [5.41, 5.74) is 0.370. The summed E-state index contributed by atoms with van der Waals surface area (Å²) in [6, 6.07) is 0. The smallest absolute Gasteiger partial charge is 0.208 e. The van der Waals surface area contributed by atoms with Gasteiger partial charge in [0.05, 0.1) is 17.8 Å². The van der Waals surface area contributed by atoms with E-state index in [1.54, 1.807) is 0 Å². The number of aliphatic hydroxyl groups is 1. The molecule has 0 bridgehead atoms. The third kappa shape index (κ3) is 4.30. The summed E-state index contributed by atoms with van der Waals surface area (Å²) in [5.74, 6) is 1.72. The topological polar surface area (TPSA) is 52.7 Å². The number of hydrogen-bond donors (Lipinski definition) is 1. The maximum absolute atomic E-state index is 9.82. The van der Waals surface area contributed by atoms with Crippen molar-refractivity contribution in [3.8, 4) is 0 Å². The van der Waals surface area contributed by atoms with Gasteiger partial charge in [0.2, 0.25) is 5.89 Å². The normalized spacial score (nSPS) is 19.0. The molecule has 108 valence electrons. The Morgan fingerprint density at radius 1 is 1.16 bits per heavy atom. The molecule has 1 N–H and O–H groups in total. The fourth-order valence-corrected chi connectivity index (χ4v) is 2.45. The second-order valence-electron chi connectivity index (χ2n) is 6.11. The average molecular weight is 267 g/mol. The predicted octanol–water partition coefficient (Wildman–Crippen LogP) is 1.18. The van der Waals surface area contributed by atoms with Crippen LogP contribution in [0.5, 0.6) is 0 Å². The van der Waals surface area contributed by atoms with Gasteiger partial charge in [-0.25, -0.2) is 4.98 Å². The Kier molecular flexibility index (Phi) is 4.28. The highest BCUT2D eigenvalue weighted by Crippen LogP contribution is 2.13. The van der Waals surface area contributed by atoms with Crippen LogP contribution in [-0.2, 0) is 6.54 Å². The van der Waals surface area contributed by atoms with Crippen molar-refractivity contribution in [3.63, 3.8) is 0 Å². The second kappa shape index (κ2) is 5.61. The van der Waals surface area contributed by atoms with E-state index in [-0.39, 0.29) is 0 Å². The van der Waals surface area contributed by atoms with E-state index in [2.05, 4.69) is 14.8 Å². The number of aryl methyl sites for hydroxylation is 2. The van der Waals surface area contributed by atoms with Crippen LogP contribution in [-0.4, -0.2) is 58.2 Å². The van der Waals surface area contributed by atoms with Gasteiger partial charge in [0.1, 0.15) is 5.76 Å². The zero-order chi connectivity index (χ0) is 14.0. The summed E-state index contributed by atoms with van der Waals surface area (Å²) in [5, 5.41) is 9.82. The maximum Gasteiger partial charge on any atom is 0.208 e. The summed E-state index contributed by atoms with van der Waals surface area (Å²) in [6.45, 7) is 13.1. The lowest BCUT2D eigenvalue weighted by Gasteiger charge is -2.36. The number of hydrogen-bond acceptors (Lipinski definition) is 5. The van der Waals surface area contributed by atoms with Crippen LogP contribution in [0.2, 0.25) is 0 Å². The van der Waals surface area contributed by atoms with Gasteiger partial charge in [0.15, 0.2) is 0 Å². The van der Waals surface area contributed by atoms with Gasteiger partial charge in [-0.2, -0.15) is 0 Å². The van der Waals surface area contributed by atoms with Crippen molar-refractivity contribution in [2.24, 2.45) is 0 Å². The number of aromatic nitrogens is 1. The lowest BCUT2D eigenvalue weighted by molar-refractivity contribution is 0.0155. The molecule has 2 heterocycles. The molecule has 1 aromatic heterocycles. The number of oxazole rings is 1. The van der Waals surface area contributed by atoms with E-state index in [0.29, 0.717) is 0 Å². The number of rotatable bonds is 4.